The summed E-state index contributed by atoms with van der Waals surface area (Å²) >= 11 is 3.42. The zero-order valence-corrected chi connectivity index (χ0v) is 13.7. The van der Waals surface area contributed by atoms with Crippen LogP contribution in [0, 0.1) is 20.8 Å². The average molecular weight is 343 g/mol. The van der Waals surface area contributed by atoms with Gasteiger partial charge in [0.05, 0.1) is 0 Å². The number of fused-ring (bicyclic) bond motifs is 1. The van der Waals surface area contributed by atoms with Crippen LogP contribution in [0.4, 0.5) is 0 Å². The molecule has 0 aliphatic rings. The fourth-order valence-corrected chi connectivity index (χ4v) is 2.86. The van der Waals surface area contributed by atoms with Crippen LogP contribution >= 0.6 is 15.9 Å². The molecule has 0 radical (unpaired) electrons. The highest BCUT2D eigenvalue weighted by atomic mass is 79.9. The van der Waals surface area contributed by atoms with Gasteiger partial charge in [-0.3, -0.25) is 4.79 Å². The minimum Gasteiger partial charge on any atom is -0.452 e. The van der Waals surface area contributed by atoms with Crippen molar-refractivity contribution in [3.05, 3.63) is 68.9 Å². The molecule has 3 rings (SSSR count). The highest BCUT2D eigenvalue weighted by Crippen LogP contribution is 2.30. The number of halogens is 1. The van der Waals surface area contributed by atoms with E-state index in [9.17, 15) is 4.79 Å². The van der Waals surface area contributed by atoms with Crippen molar-refractivity contribution in [2.45, 2.75) is 20.8 Å². The molecule has 0 unspecified atom stereocenters. The Kier molecular flexibility index (Phi) is 3.46. The lowest BCUT2D eigenvalue weighted by Gasteiger charge is -2.05. The number of hydrogen-bond donors (Lipinski definition) is 0. The van der Waals surface area contributed by atoms with Crippen LogP contribution in [0.2, 0.25) is 0 Å². The number of ketones is 1. The average Bonchev–Trinajstić information content (AvgIpc) is 2.77. The largest absolute Gasteiger partial charge is 0.452 e. The highest BCUT2D eigenvalue weighted by Gasteiger charge is 2.20. The summed E-state index contributed by atoms with van der Waals surface area (Å²) in [4.78, 5) is 12.8. The maximum absolute atomic E-state index is 12.8. The van der Waals surface area contributed by atoms with E-state index >= 15 is 0 Å². The predicted molar refractivity (Wildman–Crippen MR) is 88.0 cm³/mol. The molecule has 0 saturated carbocycles. The fourth-order valence-electron chi connectivity index (χ4n) is 2.52. The van der Waals surface area contributed by atoms with Crippen LogP contribution < -0.4 is 0 Å². The Morgan fingerprint density at radius 2 is 1.81 bits per heavy atom. The molecule has 0 aliphatic carbocycles. The highest BCUT2D eigenvalue weighted by molar-refractivity contribution is 9.10. The molecule has 0 atom stereocenters. The molecule has 0 spiro atoms. The Hall–Kier alpha value is -1.87. The number of carbonyl (C=O) groups excluding carboxylic acids is 1. The zero-order valence-electron chi connectivity index (χ0n) is 12.2. The number of benzene rings is 2. The summed E-state index contributed by atoms with van der Waals surface area (Å²) in [5, 5.41) is 0.979. The van der Waals surface area contributed by atoms with E-state index in [2.05, 4.69) is 15.9 Å². The summed E-state index contributed by atoms with van der Waals surface area (Å²) in [6.45, 7) is 5.86. The Bertz CT molecular complexity index is 859. The lowest BCUT2D eigenvalue weighted by Crippen LogP contribution is -2.04. The molecule has 0 amide bonds. The Labute approximate surface area is 131 Å². The summed E-state index contributed by atoms with van der Waals surface area (Å²) in [6.07, 6.45) is 0. The van der Waals surface area contributed by atoms with Crippen molar-refractivity contribution < 1.29 is 9.21 Å². The Morgan fingerprint density at radius 1 is 1.05 bits per heavy atom. The molecular weight excluding hydrogens is 328 g/mol. The van der Waals surface area contributed by atoms with Crippen LogP contribution in [-0.4, -0.2) is 5.78 Å². The summed E-state index contributed by atoms with van der Waals surface area (Å²) in [6, 6.07) is 11.7. The van der Waals surface area contributed by atoms with E-state index in [1.165, 1.54) is 0 Å². The number of hydrogen-bond acceptors (Lipinski definition) is 2. The molecule has 0 aliphatic heterocycles. The van der Waals surface area contributed by atoms with Crippen LogP contribution in [-0.2, 0) is 0 Å². The van der Waals surface area contributed by atoms with Crippen molar-refractivity contribution in [3.8, 4) is 0 Å². The molecule has 0 N–H and O–H groups in total. The molecule has 3 heteroatoms. The quantitative estimate of drug-likeness (QED) is 0.587. The molecule has 0 bridgehead atoms. The third-order valence-electron chi connectivity index (χ3n) is 3.74. The van der Waals surface area contributed by atoms with Crippen molar-refractivity contribution >= 4 is 32.7 Å². The van der Waals surface area contributed by atoms with Crippen LogP contribution in [0.1, 0.15) is 32.8 Å². The predicted octanol–water partition coefficient (Wildman–Crippen LogP) is 5.35. The van der Waals surface area contributed by atoms with E-state index in [-0.39, 0.29) is 5.78 Å². The summed E-state index contributed by atoms with van der Waals surface area (Å²) < 4.78 is 6.75. The van der Waals surface area contributed by atoms with Gasteiger partial charge in [0, 0.05) is 21.0 Å². The molecule has 0 fully saturated rings. The summed E-state index contributed by atoms with van der Waals surface area (Å²) in [5.41, 5.74) is 4.36. The monoisotopic (exact) mass is 342 g/mol. The van der Waals surface area contributed by atoms with E-state index in [4.69, 9.17) is 4.42 Å². The molecule has 21 heavy (non-hydrogen) atoms. The Morgan fingerprint density at radius 3 is 2.57 bits per heavy atom. The second kappa shape index (κ2) is 5.15. The van der Waals surface area contributed by atoms with Crippen LogP contribution in [0.3, 0.4) is 0 Å². The second-order valence-corrected chi connectivity index (χ2v) is 6.26. The normalized spacial score (nSPS) is 11.0. The zero-order chi connectivity index (χ0) is 15.1. The molecule has 3 aromatic rings. The van der Waals surface area contributed by atoms with Crippen LogP contribution in [0.5, 0.6) is 0 Å². The van der Waals surface area contributed by atoms with Gasteiger partial charge in [0.1, 0.15) is 5.58 Å². The summed E-state index contributed by atoms with van der Waals surface area (Å²) in [5.74, 6) is 0.373. The smallest absolute Gasteiger partial charge is 0.228 e. The van der Waals surface area contributed by atoms with E-state index < -0.39 is 0 Å². The maximum atomic E-state index is 12.8. The third kappa shape index (κ3) is 2.42. The molecule has 1 heterocycles. The van der Waals surface area contributed by atoms with Gasteiger partial charge in [-0.15, -0.1) is 0 Å². The van der Waals surface area contributed by atoms with E-state index in [1.807, 2.05) is 57.2 Å². The summed E-state index contributed by atoms with van der Waals surface area (Å²) in [7, 11) is 0. The van der Waals surface area contributed by atoms with Gasteiger partial charge in [-0.05, 0) is 50.6 Å². The standard InChI is InChI=1S/C18H15BrO2/c1-10-4-5-11(2)15(8-10)17(20)18-12(3)14-7-6-13(19)9-16(14)21-18/h4-9H,1-3H3. The SMILES string of the molecule is Cc1ccc(C)c(C(=O)c2oc3cc(Br)ccc3c2C)c1. The number of rotatable bonds is 2. The van der Waals surface area contributed by atoms with Gasteiger partial charge in [0.15, 0.2) is 5.76 Å². The molecule has 2 nitrogen and oxygen atoms in total. The Balaban J connectivity index is 2.18. The fraction of sp³-hybridized carbons (Fsp3) is 0.167. The van der Waals surface area contributed by atoms with Crippen molar-refractivity contribution in [3.63, 3.8) is 0 Å². The molecule has 106 valence electrons. The van der Waals surface area contributed by atoms with E-state index in [0.717, 1.165) is 32.1 Å². The maximum Gasteiger partial charge on any atom is 0.228 e. The third-order valence-corrected chi connectivity index (χ3v) is 4.24. The van der Waals surface area contributed by atoms with Gasteiger partial charge >= 0.3 is 0 Å². The number of aryl methyl sites for hydroxylation is 3. The number of furan rings is 1. The van der Waals surface area contributed by atoms with Crippen molar-refractivity contribution in [2.24, 2.45) is 0 Å². The van der Waals surface area contributed by atoms with Gasteiger partial charge in [0.2, 0.25) is 5.78 Å². The first-order chi connectivity index (χ1) is 9.97. The van der Waals surface area contributed by atoms with Crippen molar-refractivity contribution in [1.82, 2.24) is 0 Å². The van der Waals surface area contributed by atoms with Gasteiger partial charge in [-0.1, -0.05) is 33.6 Å². The number of carbonyl (C=O) groups is 1. The van der Waals surface area contributed by atoms with E-state index in [0.29, 0.717) is 11.3 Å². The van der Waals surface area contributed by atoms with Gasteiger partial charge in [0.25, 0.3) is 0 Å². The van der Waals surface area contributed by atoms with Gasteiger partial charge in [-0.25, -0.2) is 0 Å². The topological polar surface area (TPSA) is 30.2 Å². The van der Waals surface area contributed by atoms with E-state index in [1.54, 1.807) is 0 Å². The van der Waals surface area contributed by atoms with Crippen molar-refractivity contribution in [1.29, 1.82) is 0 Å². The lowest BCUT2D eigenvalue weighted by molar-refractivity contribution is 0.101. The molecule has 2 aromatic carbocycles. The van der Waals surface area contributed by atoms with Gasteiger partial charge in [-0.2, -0.15) is 0 Å². The minimum absolute atomic E-state index is 0.0546. The second-order valence-electron chi connectivity index (χ2n) is 5.34. The molecule has 0 saturated heterocycles. The first-order valence-electron chi connectivity index (χ1n) is 6.78. The minimum atomic E-state index is -0.0546. The first-order valence-corrected chi connectivity index (χ1v) is 7.57. The first kappa shape index (κ1) is 14.1. The lowest BCUT2D eigenvalue weighted by atomic mass is 9.99. The van der Waals surface area contributed by atoms with Gasteiger partial charge < -0.3 is 4.42 Å². The van der Waals surface area contributed by atoms with Crippen LogP contribution in [0.15, 0.2) is 45.3 Å². The van der Waals surface area contributed by atoms with Crippen molar-refractivity contribution in [2.75, 3.05) is 0 Å². The van der Waals surface area contributed by atoms with Crippen LogP contribution in [0.25, 0.3) is 11.0 Å². The molecule has 1 aromatic heterocycles. The molecular formula is C18H15BrO2.